The van der Waals surface area contributed by atoms with Gasteiger partial charge >= 0.3 is 18.1 Å². The molecule has 0 aromatic carbocycles. The zero-order chi connectivity index (χ0) is 13.6. The smallest absolute Gasteiger partial charge is 0.477 e. The van der Waals surface area contributed by atoms with Gasteiger partial charge in [-0.3, -0.25) is 0 Å². The van der Waals surface area contributed by atoms with E-state index in [1.807, 2.05) is 6.07 Å². The Kier molecular flexibility index (Phi) is 4.73. The minimum Gasteiger partial charge on any atom is -0.477 e. The number of aliphatic carboxylic acids is 1. The standard InChI is InChI=1S/C6H4N2O2.C2HF3O2/c7-2-4-1-5(6(9)10)8-3-4;3-2(4,5)1(6)7/h1,3,8H,(H,9,10);(H,6,7). The molecule has 0 unspecified atom stereocenters. The molecule has 1 heterocycles. The first-order chi connectivity index (χ1) is 7.68. The molecule has 0 aliphatic rings. The number of aromatic carboxylic acids is 1. The van der Waals surface area contributed by atoms with Gasteiger partial charge in [0.1, 0.15) is 11.8 Å². The van der Waals surface area contributed by atoms with Crippen molar-refractivity contribution in [2.24, 2.45) is 0 Å². The fraction of sp³-hybridized carbons (Fsp3) is 0.125. The molecule has 0 amide bonds. The molecule has 0 radical (unpaired) electrons. The van der Waals surface area contributed by atoms with Crippen LogP contribution in [0.1, 0.15) is 16.1 Å². The molecule has 17 heavy (non-hydrogen) atoms. The molecule has 0 aliphatic carbocycles. The first kappa shape index (κ1) is 14.5. The molecule has 1 aromatic heterocycles. The van der Waals surface area contributed by atoms with Crippen LogP contribution >= 0.6 is 0 Å². The third-order valence-corrected chi connectivity index (χ3v) is 1.29. The van der Waals surface area contributed by atoms with Gasteiger partial charge in [-0.05, 0) is 6.07 Å². The van der Waals surface area contributed by atoms with Crippen LogP contribution in [-0.4, -0.2) is 33.3 Å². The molecule has 92 valence electrons. The van der Waals surface area contributed by atoms with Gasteiger partial charge < -0.3 is 15.2 Å². The van der Waals surface area contributed by atoms with E-state index in [-0.39, 0.29) is 5.69 Å². The minimum atomic E-state index is -5.08. The molecule has 0 aliphatic heterocycles. The van der Waals surface area contributed by atoms with E-state index in [9.17, 15) is 18.0 Å². The Morgan fingerprint density at radius 3 is 2.00 bits per heavy atom. The molecule has 0 saturated carbocycles. The number of alkyl halides is 3. The summed E-state index contributed by atoms with van der Waals surface area (Å²) >= 11 is 0. The molecule has 0 saturated heterocycles. The van der Waals surface area contributed by atoms with Crippen molar-refractivity contribution in [1.82, 2.24) is 4.98 Å². The number of aromatic amines is 1. The number of halogens is 3. The quantitative estimate of drug-likeness (QED) is 0.693. The van der Waals surface area contributed by atoms with Gasteiger partial charge in [0, 0.05) is 6.20 Å². The van der Waals surface area contributed by atoms with Crippen molar-refractivity contribution in [3.8, 4) is 6.07 Å². The lowest BCUT2D eigenvalue weighted by Crippen LogP contribution is -2.21. The van der Waals surface area contributed by atoms with Crippen LogP contribution < -0.4 is 0 Å². The molecular weight excluding hydrogens is 245 g/mol. The second-order valence-corrected chi connectivity index (χ2v) is 2.52. The third kappa shape index (κ3) is 5.22. The molecule has 3 N–H and O–H groups in total. The maximum Gasteiger partial charge on any atom is 0.490 e. The first-order valence-corrected chi connectivity index (χ1v) is 3.80. The van der Waals surface area contributed by atoms with E-state index in [0.717, 1.165) is 0 Å². The Morgan fingerprint density at radius 2 is 1.82 bits per heavy atom. The molecule has 0 fully saturated rings. The van der Waals surface area contributed by atoms with Crippen molar-refractivity contribution < 1.29 is 33.0 Å². The topological polar surface area (TPSA) is 114 Å². The summed E-state index contributed by atoms with van der Waals surface area (Å²) in [6, 6.07) is 3.09. The average molecular weight is 250 g/mol. The van der Waals surface area contributed by atoms with Gasteiger partial charge in [-0.15, -0.1) is 0 Å². The molecule has 1 rings (SSSR count). The summed E-state index contributed by atoms with van der Waals surface area (Å²) in [6.07, 6.45) is -3.73. The maximum absolute atomic E-state index is 10.6. The summed E-state index contributed by atoms with van der Waals surface area (Å²) in [4.78, 5) is 21.5. The van der Waals surface area contributed by atoms with E-state index in [0.29, 0.717) is 5.56 Å². The lowest BCUT2D eigenvalue weighted by molar-refractivity contribution is -0.192. The molecule has 0 atom stereocenters. The van der Waals surface area contributed by atoms with Crippen LogP contribution in [0.3, 0.4) is 0 Å². The van der Waals surface area contributed by atoms with E-state index >= 15 is 0 Å². The number of nitriles is 1. The largest absolute Gasteiger partial charge is 0.490 e. The predicted octanol–water partition coefficient (Wildman–Crippen LogP) is 1.22. The van der Waals surface area contributed by atoms with Crippen molar-refractivity contribution >= 4 is 11.9 Å². The van der Waals surface area contributed by atoms with E-state index in [1.165, 1.54) is 12.3 Å². The van der Waals surface area contributed by atoms with E-state index < -0.39 is 18.1 Å². The van der Waals surface area contributed by atoms with Crippen LogP contribution in [0, 0.1) is 11.3 Å². The number of carboxylic acids is 2. The van der Waals surface area contributed by atoms with Crippen LogP contribution in [0.15, 0.2) is 12.3 Å². The number of carbonyl (C=O) groups is 2. The van der Waals surface area contributed by atoms with Crippen molar-refractivity contribution in [1.29, 1.82) is 5.26 Å². The number of rotatable bonds is 1. The highest BCUT2D eigenvalue weighted by molar-refractivity contribution is 5.85. The molecule has 6 nitrogen and oxygen atoms in total. The Bertz CT molecular complexity index is 458. The fourth-order valence-corrected chi connectivity index (χ4v) is 0.582. The van der Waals surface area contributed by atoms with E-state index in [4.69, 9.17) is 20.3 Å². The summed E-state index contributed by atoms with van der Waals surface area (Å²) in [5.74, 6) is -3.81. The van der Waals surface area contributed by atoms with Gasteiger partial charge in [0.05, 0.1) is 5.56 Å². The molecular formula is C8H5F3N2O4. The zero-order valence-electron chi connectivity index (χ0n) is 7.95. The van der Waals surface area contributed by atoms with E-state index in [1.54, 1.807) is 0 Å². The summed E-state index contributed by atoms with van der Waals surface area (Å²) in [5, 5.41) is 23.7. The van der Waals surface area contributed by atoms with Gasteiger partial charge in [-0.25, -0.2) is 9.59 Å². The van der Waals surface area contributed by atoms with Crippen LogP contribution in [0.4, 0.5) is 13.2 Å². The number of aromatic nitrogens is 1. The van der Waals surface area contributed by atoms with Gasteiger partial charge in [0.15, 0.2) is 0 Å². The third-order valence-electron chi connectivity index (χ3n) is 1.29. The van der Waals surface area contributed by atoms with Crippen molar-refractivity contribution in [2.75, 3.05) is 0 Å². The molecule has 1 aromatic rings. The van der Waals surface area contributed by atoms with Crippen LogP contribution in [-0.2, 0) is 4.79 Å². The van der Waals surface area contributed by atoms with Gasteiger partial charge in [-0.1, -0.05) is 0 Å². The monoisotopic (exact) mass is 250 g/mol. The van der Waals surface area contributed by atoms with Crippen molar-refractivity contribution in [3.05, 3.63) is 23.5 Å². The molecule has 9 heteroatoms. The van der Waals surface area contributed by atoms with Gasteiger partial charge in [-0.2, -0.15) is 18.4 Å². The van der Waals surface area contributed by atoms with Gasteiger partial charge in [0.25, 0.3) is 0 Å². The molecule has 0 bridgehead atoms. The molecule has 0 spiro atoms. The Morgan fingerprint density at radius 1 is 1.35 bits per heavy atom. The summed E-state index contributed by atoms with van der Waals surface area (Å²) in [7, 11) is 0. The summed E-state index contributed by atoms with van der Waals surface area (Å²) in [5.41, 5.74) is 0.369. The number of nitrogens with one attached hydrogen (secondary N) is 1. The zero-order valence-corrected chi connectivity index (χ0v) is 7.95. The number of hydrogen-bond acceptors (Lipinski definition) is 3. The van der Waals surface area contributed by atoms with Crippen LogP contribution in [0.2, 0.25) is 0 Å². The Labute approximate surface area is 91.9 Å². The van der Waals surface area contributed by atoms with E-state index in [2.05, 4.69) is 4.98 Å². The highest BCUT2D eigenvalue weighted by atomic mass is 19.4. The van der Waals surface area contributed by atoms with Crippen LogP contribution in [0.25, 0.3) is 0 Å². The lowest BCUT2D eigenvalue weighted by atomic mass is 10.3. The number of H-pyrrole nitrogens is 1. The number of carboxylic acid groups (broad SMARTS) is 2. The number of hydrogen-bond donors (Lipinski definition) is 3. The second-order valence-electron chi connectivity index (χ2n) is 2.52. The van der Waals surface area contributed by atoms with Gasteiger partial charge in [0.2, 0.25) is 0 Å². The average Bonchev–Trinajstić information content (AvgIpc) is 2.65. The lowest BCUT2D eigenvalue weighted by Gasteiger charge is -1.93. The number of nitrogens with zero attached hydrogens (tertiary/aromatic N) is 1. The predicted molar refractivity (Wildman–Crippen MR) is 46.2 cm³/mol. The second kappa shape index (κ2) is 5.55. The SMILES string of the molecule is N#Cc1c[nH]c(C(=O)O)c1.O=C(O)C(F)(F)F. The van der Waals surface area contributed by atoms with Crippen molar-refractivity contribution in [3.63, 3.8) is 0 Å². The van der Waals surface area contributed by atoms with Crippen LogP contribution in [0.5, 0.6) is 0 Å². The summed E-state index contributed by atoms with van der Waals surface area (Å²) < 4.78 is 31.7. The highest BCUT2D eigenvalue weighted by Crippen LogP contribution is 2.13. The first-order valence-electron chi connectivity index (χ1n) is 3.80. The fourth-order valence-electron chi connectivity index (χ4n) is 0.582. The normalized spacial score (nSPS) is 9.76. The van der Waals surface area contributed by atoms with Crippen molar-refractivity contribution in [2.45, 2.75) is 6.18 Å². The maximum atomic E-state index is 10.6. The summed E-state index contributed by atoms with van der Waals surface area (Å²) in [6.45, 7) is 0. The minimum absolute atomic E-state index is 0.0385. The Hall–Kier alpha value is -2.50. The highest BCUT2D eigenvalue weighted by Gasteiger charge is 2.38. The Balaban J connectivity index is 0.000000325.